The summed E-state index contributed by atoms with van der Waals surface area (Å²) in [7, 11) is 0. The second kappa shape index (κ2) is 10.2. The first-order valence-electron chi connectivity index (χ1n) is 12.1. The highest BCUT2D eigenvalue weighted by molar-refractivity contribution is 5.95. The molecule has 0 radical (unpaired) electrons. The summed E-state index contributed by atoms with van der Waals surface area (Å²) >= 11 is 0. The number of hydrogen-bond donors (Lipinski definition) is 6. The van der Waals surface area contributed by atoms with Crippen LogP contribution in [0.2, 0.25) is 0 Å². The fraction of sp³-hybridized carbons (Fsp3) is 0.222. The van der Waals surface area contributed by atoms with E-state index < -0.39 is 0 Å². The molecule has 0 spiro atoms. The molecule has 1 fully saturated rings. The zero-order chi connectivity index (χ0) is 25.9. The summed E-state index contributed by atoms with van der Waals surface area (Å²) in [5, 5.41) is 10.6. The van der Waals surface area contributed by atoms with E-state index in [2.05, 4.69) is 15.3 Å². The molecule has 1 aromatic heterocycles. The van der Waals surface area contributed by atoms with E-state index in [-0.39, 0.29) is 23.7 Å². The van der Waals surface area contributed by atoms with Crippen molar-refractivity contribution in [3.8, 4) is 23.0 Å². The Morgan fingerprint density at radius 1 is 0.919 bits per heavy atom. The number of nitrogens with one attached hydrogen (secondary N) is 3. The Morgan fingerprint density at radius 3 is 2.24 bits per heavy atom. The van der Waals surface area contributed by atoms with Gasteiger partial charge in [0.15, 0.2) is 5.95 Å². The third-order valence-corrected chi connectivity index (χ3v) is 6.40. The smallest absolute Gasteiger partial charge is 0.227 e. The summed E-state index contributed by atoms with van der Waals surface area (Å²) in [6, 6.07) is 17.7. The minimum absolute atomic E-state index is 0.0220. The minimum atomic E-state index is -0.0830. The van der Waals surface area contributed by atoms with E-state index in [9.17, 15) is 4.79 Å². The number of carbonyl (C=O) groups excluding carboxylic acids is 1. The topological polar surface area (TPSA) is 178 Å². The number of rotatable bonds is 7. The number of ether oxygens (including phenoxy) is 2. The van der Waals surface area contributed by atoms with Crippen LogP contribution >= 0.6 is 0 Å². The Morgan fingerprint density at radius 2 is 1.57 bits per heavy atom. The third-order valence-electron chi connectivity index (χ3n) is 6.40. The van der Waals surface area contributed by atoms with Gasteiger partial charge in [0.1, 0.15) is 28.8 Å². The Balaban J connectivity index is 1.41. The first-order chi connectivity index (χ1) is 17.8. The predicted molar refractivity (Wildman–Crippen MR) is 143 cm³/mol. The number of carbonyl (C=O) groups is 1. The number of amidine groups is 1. The number of amides is 1. The van der Waals surface area contributed by atoms with Crippen LogP contribution in [0.3, 0.4) is 0 Å². The van der Waals surface area contributed by atoms with Gasteiger partial charge >= 0.3 is 0 Å². The van der Waals surface area contributed by atoms with Gasteiger partial charge in [-0.05, 0) is 62.1 Å². The summed E-state index contributed by atoms with van der Waals surface area (Å²) in [6.07, 6.45) is 3.21. The summed E-state index contributed by atoms with van der Waals surface area (Å²) in [5.74, 6) is 2.23. The van der Waals surface area contributed by atoms with Crippen LogP contribution in [0.15, 0.2) is 60.7 Å². The van der Waals surface area contributed by atoms with E-state index >= 15 is 0 Å². The number of imidazole rings is 1. The number of nitrogens with two attached hydrogens (primary N) is 3. The van der Waals surface area contributed by atoms with Crippen LogP contribution in [-0.2, 0) is 4.79 Å². The molecule has 190 valence electrons. The van der Waals surface area contributed by atoms with Gasteiger partial charge in [0.25, 0.3) is 0 Å². The maximum absolute atomic E-state index is 13.0. The second-order valence-corrected chi connectivity index (χ2v) is 9.24. The highest BCUT2D eigenvalue weighted by atomic mass is 16.5. The van der Waals surface area contributed by atoms with Gasteiger partial charge in [-0.25, -0.2) is 4.98 Å². The molecule has 10 heteroatoms. The van der Waals surface area contributed by atoms with Crippen LogP contribution in [0.5, 0.6) is 23.0 Å². The molecule has 3 aromatic carbocycles. The zero-order valence-electron chi connectivity index (χ0n) is 20.2. The first kappa shape index (κ1) is 24.1. The maximum Gasteiger partial charge on any atom is 0.227 e. The first-order valence-corrected chi connectivity index (χ1v) is 12.1. The molecule has 1 saturated carbocycles. The molecule has 0 saturated heterocycles. The van der Waals surface area contributed by atoms with E-state index in [0.717, 1.165) is 31.2 Å². The van der Waals surface area contributed by atoms with Gasteiger partial charge in [0, 0.05) is 47.5 Å². The largest absolute Gasteiger partial charge is 0.457 e. The lowest BCUT2D eigenvalue weighted by Gasteiger charge is -2.25. The molecule has 1 aliphatic carbocycles. The number of benzene rings is 3. The van der Waals surface area contributed by atoms with Crippen LogP contribution in [0.1, 0.15) is 31.2 Å². The van der Waals surface area contributed by atoms with Crippen LogP contribution in [0.4, 0.5) is 11.6 Å². The van der Waals surface area contributed by atoms with Gasteiger partial charge in [-0.3, -0.25) is 10.2 Å². The quantitative estimate of drug-likeness (QED) is 0.160. The summed E-state index contributed by atoms with van der Waals surface area (Å²) in [5.41, 5.74) is 19.9. The Hall–Kier alpha value is -4.57. The van der Waals surface area contributed by atoms with Crippen molar-refractivity contribution >= 4 is 34.4 Å². The molecular weight excluding hydrogens is 470 g/mol. The predicted octanol–water partition coefficient (Wildman–Crippen LogP) is 4.47. The van der Waals surface area contributed by atoms with Crippen molar-refractivity contribution in [2.75, 3.05) is 11.1 Å². The Labute approximate surface area is 213 Å². The monoisotopic (exact) mass is 499 g/mol. The van der Waals surface area contributed by atoms with Gasteiger partial charge in [0.05, 0.1) is 11.0 Å². The minimum Gasteiger partial charge on any atom is -0.457 e. The van der Waals surface area contributed by atoms with Crippen molar-refractivity contribution < 1.29 is 14.3 Å². The summed E-state index contributed by atoms with van der Waals surface area (Å²) in [6.45, 7) is 0. The number of aromatic amines is 1. The van der Waals surface area contributed by atoms with Crippen molar-refractivity contribution in [2.24, 2.45) is 17.4 Å². The third kappa shape index (κ3) is 5.81. The molecule has 0 bridgehead atoms. The molecule has 1 heterocycles. The van der Waals surface area contributed by atoms with Crippen LogP contribution in [0, 0.1) is 11.3 Å². The number of aromatic nitrogens is 2. The molecule has 5 rings (SSSR count). The fourth-order valence-electron chi connectivity index (χ4n) is 4.43. The van der Waals surface area contributed by atoms with E-state index in [1.807, 2.05) is 6.07 Å². The maximum atomic E-state index is 13.0. The van der Waals surface area contributed by atoms with Crippen molar-refractivity contribution in [3.05, 3.63) is 66.2 Å². The van der Waals surface area contributed by atoms with E-state index in [0.29, 0.717) is 45.7 Å². The fourth-order valence-corrected chi connectivity index (χ4v) is 4.43. The van der Waals surface area contributed by atoms with Crippen LogP contribution in [0.25, 0.3) is 11.0 Å². The van der Waals surface area contributed by atoms with Gasteiger partial charge < -0.3 is 37.0 Å². The summed E-state index contributed by atoms with van der Waals surface area (Å²) < 4.78 is 12.2. The molecular formula is C27H29N7O3. The van der Waals surface area contributed by atoms with Gasteiger partial charge in [-0.1, -0.05) is 0 Å². The molecule has 1 aliphatic rings. The van der Waals surface area contributed by atoms with Gasteiger partial charge in [0.2, 0.25) is 5.91 Å². The molecule has 0 aliphatic heterocycles. The number of hydrogen-bond acceptors (Lipinski definition) is 7. The zero-order valence-corrected chi connectivity index (χ0v) is 20.2. The average Bonchev–Trinajstić information content (AvgIpc) is 3.24. The van der Waals surface area contributed by atoms with Crippen molar-refractivity contribution in [2.45, 2.75) is 31.7 Å². The van der Waals surface area contributed by atoms with E-state index in [4.69, 9.17) is 32.1 Å². The molecule has 10 nitrogen and oxygen atoms in total. The number of nitrogens with zero attached hydrogens (tertiary/aromatic N) is 1. The normalized spacial score (nSPS) is 17.3. The number of H-pyrrole nitrogens is 1. The SMILES string of the molecule is N=C(N)c1ccc(Oc2cc(NC(=O)C3CCC(N)CC3)cc(Oc3ccc4[nH]c(N)nc4c3)c2)cc1. The lowest BCUT2D eigenvalue weighted by Crippen LogP contribution is -2.32. The van der Waals surface area contributed by atoms with E-state index in [1.165, 1.54) is 0 Å². The highest BCUT2D eigenvalue weighted by Gasteiger charge is 2.25. The van der Waals surface area contributed by atoms with Crippen LogP contribution < -0.4 is 32.0 Å². The second-order valence-electron chi connectivity index (χ2n) is 9.24. The van der Waals surface area contributed by atoms with Crippen molar-refractivity contribution in [3.63, 3.8) is 0 Å². The number of nitrogen functional groups attached to an aromatic ring is 2. The standard InChI is InChI=1S/C27H29N7O3/c28-17-5-1-16(2-6-17)26(35)32-18-11-21(36-19-7-3-15(4-8-19)25(29)30)13-22(12-18)37-20-9-10-23-24(14-20)34-27(31)33-23/h3-4,7-14,16-17H,1-2,5-6,28H2,(H3,29,30)(H,32,35)(H3,31,33,34). The van der Waals surface area contributed by atoms with Gasteiger partial charge in [-0.15, -0.1) is 0 Å². The molecule has 0 unspecified atom stereocenters. The molecule has 37 heavy (non-hydrogen) atoms. The molecule has 9 N–H and O–H groups in total. The number of anilines is 2. The number of fused-ring (bicyclic) bond motifs is 1. The van der Waals surface area contributed by atoms with Crippen molar-refractivity contribution in [1.29, 1.82) is 5.41 Å². The summed E-state index contributed by atoms with van der Waals surface area (Å²) in [4.78, 5) is 20.2. The Bertz CT molecular complexity index is 1440. The molecule has 0 atom stereocenters. The Kier molecular flexibility index (Phi) is 6.65. The molecule has 4 aromatic rings. The highest BCUT2D eigenvalue weighted by Crippen LogP contribution is 2.34. The van der Waals surface area contributed by atoms with E-state index in [1.54, 1.807) is 54.6 Å². The lowest BCUT2D eigenvalue weighted by molar-refractivity contribution is -0.120. The lowest BCUT2D eigenvalue weighted by atomic mass is 9.86. The average molecular weight is 500 g/mol. The van der Waals surface area contributed by atoms with Crippen molar-refractivity contribution in [1.82, 2.24) is 9.97 Å². The molecule has 1 amide bonds. The van der Waals surface area contributed by atoms with Crippen LogP contribution in [-0.4, -0.2) is 27.8 Å². The van der Waals surface area contributed by atoms with Gasteiger partial charge in [-0.2, -0.15) is 0 Å².